The van der Waals surface area contributed by atoms with Crippen LogP contribution in [0.3, 0.4) is 0 Å². The summed E-state index contributed by atoms with van der Waals surface area (Å²) in [6.45, 7) is 2.24. The number of hydrogen-bond acceptors (Lipinski definition) is 8. The number of phenols is 1. The van der Waals surface area contributed by atoms with Crippen LogP contribution in [0, 0.1) is 5.92 Å². The average Bonchev–Trinajstić information content (AvgIpc) is 3.11. The van der Waals surface area contributed by atoms with E-state index in [1.54, 1.807) is 6.92 Å². The Balaban J connectivity index is 1.93. The fourth-order valence-corrected chi connectivity index (χ4v) is 3.99. The maximum absolute atomic E-state index is 13.0. The highest BCUT2D eigenvalue weighted by Crippen LogP contribution is 2.37. The number of carbonyl (C=O) groups is 4. The summed E-state index contributed by atoms with van der Waals surface area (Å²) >= 11 is 3.12. The molecule has 2 aliphatic rings. The summed E-state index contributed by atoms with van der Waals surface area (Å²) in [7, 11) is 1.13. The predicted molar refractivity (Wildman–Crippen MR) is 103 cm³/mol. The highest BCUT2D eigenvalue weighted by Gasteiger charge is 2.41. The molecule has 1 aromatic rings. The minimum absolute atomic E-state index is 0.0480. The van der Waals surface area contributed by atoms with Crippen molar-refractivity contribution in [2.75, 3.05) is 20.3 Å². The molecule has 0 aromatic heterocycles. The van der Waals surface area contributed by atoms with Gasteiger partial charge in [-0.2, -0.15) is 0 Å². The predicted octanol–water partition coefficient (Wildman–Crippen LogP) is 2.32. The minimum Gasteiger partial charge on any atom is -0.507 e. The monoisotopic (exact) mass is 466 g/mol. The summed E-state index contributed by atoms with van der Waals surface area (Å²) in [4.78, 5) is 50.7. The number of benzene rings is 1. The first kappa shape index (κ1) is 21.4. The van der Waals surface area contributed by atoms with Crippen molar-refractivity contribution in [2.24, 2.45) is 5.92 Å². The van der Waals surface area contributed by atoms with Crippen molar-refractivity contribution in [3.63, 3.8) is 0 Å². The van der Waals surface area contributed by atoms with Gasteiger partial charge in [0.1, 0.15) is 11.7 Å². The zero-order chi connectivity index (χ0) is 21.3. The lowest BCUT2D eigenvalue weighted by Crippen LogP contribution is -2.36. The molecule has 1 fully saturated rings. The number of hydrogen-bond donors (Lipinski definition) is 1. The Morgan fingerprint density at radius 2 is 1.90 bits per heavy atom. The number of methoxy groups -OCH3 is 1. The van der Waals surface area contributed by atoms with E-state index in [0.717, 1.165) is 7.11 Å². The van der Waals surface area contributed by atoms with E-state index in [1.807, 2.05) is 0 Å². The summed E-state index contributed by atoms with van der Waals surface area (Å²) in [5, 5.41) is 10.1. The second-order valence-corrected chi connectivity index (χ2v) is 7.70. The molecule has 0 saturated carbocycles. The molecule has 1 aliphatic carbocycles. The van der Waals surface area contributed by atoms with Gasteiger partial charge in [-0.15, -0.1) is 0 Å². The summed E-state index contributed by atoms with van der Waals surface area (Å²) < 4.78 is 15.5. The smallest absolute Gasteiger partial charge is 0.316 e. The van der Waals surface area contributed by atoms with E-state index in [9.17, 15) is 24.3 Å². The first-order valence-corrected chi connectivity index (χ1v) is 9.66. The van der Waals surface area contributed by atoms with Crippen LogP contribution in [0.1, 0.15) is 40.5 Å². The maximum Gasteiger partial charge on any atom is 0.316 e. The number of aromatic hydroxyl groups is 1. The molecule has 8 nitrogen and oxygen atoms in total. The maximum atomic E-state index is 13.0. The quantitative estimate of drug-likeness (QED) is 0.501. The molecule has 9 heteroatoms. The molecule has 1 saturated heterocycles. The Labute approximate surface area is 174 Å². The van der Waals surface area contributed by atoms with Crippen LogP contribution in [0.5, 0.6) is 5.75 Å². The summed E-state index contributed by atoms with van der Waals surface area (Å²) in [6.07, 6.45) is -0.581. The Hall–Kier alpha value is -2.36. The highest BCUT2D eigenvalue weighted by molar-refractivity contribution is 9.12. The zero-order valence-corrected chi connectivity index (χ0v) is 17.4. The molecule has 0 amide bonds. The third kappa shape index (κ3) is 4.03. The van der Waals surface area contributed by atoms with Crippen molar-refractivity contribution in [1.82, 2.24) is 0 Å². The van der Waals surface area contributed by atoms with Crippen molar-refractivity contribution in [3.05, 3.63) is 39.4 Å². The van der Waals surface area contributed by atoms with Crippen molar-refractivity contribution >= 4 is 39.2 Å². The standard InChI is InChI=1S/C20H19BrO8/c1-20(28-6-7-29-20)9-14(23)11(19(26)27-2)8-12-16(21)18(25)10-4-3-5-13(22)15(10)17(12)24/h3-5,11,22H,6-9H2,1-2H3. The highest BCUT2D eigenvalue weighted by atomic mass is 79.9. The van der Waals surface area contributed by atoms with Gasteiger partial charge in [-0.25, -0.2) is 0 Å². The van der Waals surface area contributed by atoms with Crippen molar-refractivity contribution in [3.8, 4) is 5.75 Å². The van der Waals surface area contributed by atoms with Gasteiger partial charge < -0.3 is 19.3 Å². The van der Waals surface area contributed by atoms with Crippen LogP contribution < -0.4 is 0 Å². The Morgan fingerprint density at radius 1 is 1.24 bits per heavy atom. The number of halogens is 1. The topological polar surface area (TPSA) is 116 Å². The molecule has 0 spiro atoms. The molecule has 1 N–H and O–H groups in total. The van der Waals surface area contributed by atoms with E-state index in [4.69, 9.17) is 14.2 Å². The molecular weight excluding hydrogens is 448 g/mol. The summed E-state index contributed by atoms with van der Waals surface area (Å²) in [6, 6.07) is 4.17. The minimum atomic E-state index is -1.34. The molecule has 154 valence electrons. The number of phenolic OH excluding ortho intramolecular Hbond substituents is 1. The summed E-state index contributed by atoms with van der Waals surface area (Å²) in [5.41, 5.74) is -0.181. The first-order valence-electron chi connectivity index (χ1n) is 8.87. The van der Waals surface area contributed by atoms with Gasteiger partial charge in [-0.1, -0.05) is 6.07 Å². The lowest BCUT2D eigenvalue weighted by atomic mass is 9.83. The van der Waals surface area contributed by atoms with Gasteiger partial charge in [0.05, 0.1) is 36.8 Å². The Morgan fingerprint density at radius 3 is 2.52 bits per heavy atom. The fourth-order valence-electron chi connectivity index (χ4n) is 3.43. The molecule has 1 aliphatic heterocycles. The SMILES string of the molecule is COC(=O)C(CC1=C(Br)C(=O)c2cccc(O)c2C1=O)C(=O)CC1(C)OCCO1. The van der Waals surface area contributed by atoms with Crippen LogP contribution >= 0.6 is 15.9 Å². The normalized spacial score (nSPS) is 19.1. The largest absolute Gasteiger partial charge is 0.507 e. The third-order valence-corrected chi connectivity index (χ3v) is 5.77. The average molecular weight is 467 g/mol. The lowest BCUT2D eigenvalue weighted by Gasteiger charge is -2.25. The summed E-state index contributed by atoms with van der Waals surface area (Å²) in [5.74, 6) is -5.38. The van der Waals surface area contributed by atoms with Crippen LogP contribution in [0.2, 0.25) is 0 Å². The molecule has 0 radical (unpaired) electrons. The fraction of sp³-hybridized carbons (Fsp3) is 0.400. The van der Waals surface area contributed by atoms with E-state index in [2.05, 4.69) is 15.9 Å². The van der Waals surface area contributed by atoms with Gasteiger partial charge in [0, 0.05) is 11.1 Å². The van der Waals surface area contributed by atoms with Gasteiger partial charge in [0.25, 0.3) is 0 Å². The van der Waals surface area contributed by atoms with Crippen LogP contribution in [0.15, 0.2) is 28.3 Å². The number of esters is 1. The van der Waals surface area contributed by atoms with E-state index in [0.29, 0.717) is 13.2 Å². The molecular formula is C20H19BrO8. The number of allylic oxidation sites excluding steroid dienone is 2. The van der Waals surface area contributed by atoms with Crippen LogP contribution in [-0.4, -0.2) is 54.5 Å². The molecule has 1 atom stereocenters. The number of Topliss-reactive ketones (excluding diaryl/α,β-unsaturated/α-hetero) is 3. The molecule has 29 heavy (non-hydrogen) atoms. The van der Waals surface area contributed by atoms with Gasteiger partial charge >= 0.3 is 5.97 Å². The number of fused-ring (bicyclic) bond motifs is 1. The second-order valence-electron chi connectivity index (χ2n) is 6.90. The Bertz CT molecular complexity index is 926. The van der Waals surface area contributed by atoms with Gasteiger partial charge in [-0.05, 0) is 41.4 Å². The molecule has 1 aromatic carbocycles. The number of rotatable bonds is 6. The lowest BCUT2D eigenvalue weighted by molar-refractivity contribution is -0.164. The molecule has 1 heterocycles. The van der Waals surface area contributed by atoms with E-state index in [-0.39, 0.29) is 39.8 Å². The van der Waals surface area contributed by atoms with Gasteiger partial charge in [0.15, 0.2) is 17.4 Å². The van der Waals surface area contributed by atoms with Crippen LogP contribution in [0.4, 0.5) is 0 Å². The van der Waals surface area contributed by atoms with E-state index in [1.165, 1.54) is 18.2 Å². The Kier molecular flexibility index (Phi) is 6.02. The van der Waals surface area contributed by atoms with Crippen molar-refractivity contribution < 1.29 is 38.5 Å². The molecule has 3 rings (SSSR count). The first-order chi connectivity index (χ1) is 13.7. The van der Waals surface area contributed by atoms with Gasteiger partial charge in [0.2, 0.25) is 5.78 Å². The van der Waals surface area contributed by atoms with Crippen LogP contribution in [0.25, 0.3) is 0 Å². The van der Waals surface area contributed by atoms with E-state index < -0.39 is 35.0 Å². The van der Waals surface area contributed by atoms with Crippen molar-refractivity contribution in [1.29, 1.82) is 0 Å². The van der Waals surface area contributed by atoms with Crippen molar-refractivity contribution in [2.45, 2.75) is 25.6 Å². The van der Waals surface area contributed by atoms with Gasteiger partial charge in [-0.3, -0.25) is 19.2 Å². The van der Waals surface area contributed by atoms with E-state index >= 15 is 0 Å². The zero-order valence-electron chi connectivity index (χ0n) is 15.8. The molecule has 1 unspecified atom stereocenters. The molecule has 0 bridgehead atoms. The number of ketones is 3. The number of ether oxygens (including phenoxy) is 3. The third-order valence-electron chi connectivity index (χ3n) is 4.93. The second kappa shape index (κ2) is 8.17. The van der Waals surface area contributed by atoms with Crippen LogP contribution in [-0.2, 0) is 23.8 Å². The number of carbonyl (C=O) groups excluding carboxylic acids is 4.